The Hall–Kier alpha value is -5.10. The van der Waals surface area contributed by atoms with Crippen molar-refractivity contribution in [3.8, 4) is 22.6 Å². The molecule has 4 aromatic carbocycles. The van der Waals surface area contributed by atoms with Gasteiger partial charge in [0, 0.05) is 24.0 Å². The van der Waals surface area contributed by atoms with E-state index in [-0.39, 0.29) is 25.2 Å². The van der Waals surface area contributed by atoms with Gasteiger partial charge in [-0.25, -0.2) is 9.59 Å². The van der Waals surface area contributed by atoms with Gasteiger partial charge >= 0.3 is 11.9 Å². The van der Waals surface area contributed by atoms with Gasteiger partial charge in [0.2, 0.25) is 0 Å². The van der Waals surface area contributed by atoms with Crippen LogP contribution in [-0.4, -0.2) is 38.4 Å². The smallest absolute Gasteiger partial charge is 0.333 e. The lowest BCUT2D eigenvalue weighted by molar-refractivity contribution is -0.140. The average molecular weight is 659 g/mol. The number of carbonyl (C=O) groups excluding carboxylic acids is 2. The minimum Gasteiger partial charge on any atom is -0.493 e. The van der Waals surface area contributed by atoms with Crippen LogP contribution in [0.5, 0.6) is 11.5 Å². The third kappa shape index (κ3) is 7.05. The number of carbonyl (C=O) groups is 2. The lowest BCUT2D eigenvalue weighted by atomic mass is 9.66. The summed E-state index contributed by atoms with van der Waals surface area (Å²) in [5, 5.41) is 0. The third-order valence-electron chi connectivity index (χ3n) is 8.97. The van der Waals surface area contributed by atoms with Crippen molar-refractivity contribution in [2.24, 2.45) is 0 Å². The normalized spacial score (nSPS) is 12.4. The Morgan fingerprint density at radius 3 is 1.27 bits per heavy atom. The summed E-state index contributed by atoms with van der Waals surface area (Å²) in [4.78, 5) is 23.5. The van der Waals surface area contributed by atoms with E-state index >= 15 is 0 Å². The first kappa shape index (κ1) is 35.2. The number of ether oxygens (including phenoxy) is 4. The van der Waals surface area contributed by atoms with E-state index in [2.05, 4.69) is 114 Å². The zero-order chi connectivity index (χ0) is 35.3. The molecule has 0 saturated carbocycles. The molecule has 1 aliphatic carbocycles. The summed E-state index contributed by atoms with van der Waals surface area (Å²) < 4.78 is 23.0. The van der Waals surface area contributed by atoms with Crippen molar-refractivity contribution in [1.29, 1.82) is 0 Å². The van der Waals surface area contributed by atoms with E-state index in [0.717, 1.165) is 44.9 Å². The van der Waals surface area contributed by atoms with Gasteiger partial charge in [0.1, 0.15) is 11.5 Å². The molecule has 0 amide bonds. The highest BCUT2D eigenvalue weighted by atomic mass is 16.5. The molecule has 0 bridgehead atoms. The van der Waals surface area contributed by atoms with Crippen LogP contribution in [0, 0.1) is 27.7 Å². The Morgan fingerprint density at radius 1 is 0.571 bits per heavy atom. The van der Waals surface area contributed by atoms with Crippen molar-refractivity contribution in [2.45, 2.75) is 59.8 Å². The first-order valence-corrected chi connectivity index (χ1v) is 16.8. The summed E-state index contributed by atoms with van der Waals surface area (Å²) in [5.74, 6) is 0.918. The first-order chi connectivity index (χ1) is 23.5. The average Bonchev–Trinajstić information content (AvgIpc) is 3.37. The van der Waals surface area contributed by atoms with Gasteiger partial charge in [-0.1, -0.05) is 86.0 Å². The molecule has 0 unspecified atom stereocenters. The molecule has 0 atom stereocenters. The molecule has 0 radical (unpaired) electrons. The number of aryl methyl sites for hydroxylation is 4. The number of hydrogen-bond donors (Lipinski definition) is 0. The van der Waals surface area contributed by atoms with Crippen molar-refractivity contribution >= 4 is 11.9 Å². The van der Waals surface area contributed by atoms with Crippen molar-refractivity contribution in [2.75, 3.05) is 26.4 Å². The molecule has 6 nitrogen and oxygen atoms in total. The summed E-state index contributed by atoms with van der Waals surface area (Å²) >= 11 is 0. The molecule has 49 heavy (non-hydrogen) atoms. The summed E-state index contributed by atoms with van der Waals surface area (Å²) in [6.45, 7) is 20.3. The zero-order valence-electron chi connectivity index (χ0n) is 29.5. The number of rotatable bonds is 14. The minimum absolute atomic E-state index is 0.277. The fourth-order valence-electron chi connectivity index (χ4n) is 6.86. The molecule has 0 spiro atoms. The van der Waals surface area contributed by atoms with Gasteiger partial charge in [0.25, 0.3) is 0 Å². The van der Waals surface area contributed by atoms with Crippen LogP contribution in [0.1, 0.15) is 71.2 Å². The van der Waals surface area contributed by atoms with Gasteiger partial charge in [0.05, 0.1) is 31.8 Å². The topological polar surface area (TPSA) is 71.1 Å². The van der Waals surface area contributed by atoms with Gasteiger partial charge in [-0.2, -0.15) is 0 Å². The van der Waals surface area contributed by atoms with Gasteiger partial charge in [-0.15, -0.1) is 0 Å². The van der Waals surface area contributed by atoms with E-state index in [4.69, 9.17) is 18.9 Å². The molecule has 0 N–H and O–H groups in total. The zero-order valence-corrected chi connectivity index (χ0v) is 29.5. The van der Waals surface area contributed by atoms with Crippen LogP contribution in [0.4, 0.5) is 0 Å². The van der Waals surface area contributed by atoms with Crippen molar-refractivity contribution in [3.63, 3.8) is 0 Å². The highest BCUT2D eigenvalue weighted by Crippen LogP contribution is 2.57. The van der Waals surface area contributed by atoms with Crippen LogP contribution in [0.25, 0.3) is 11.1 Å². The first-order valence-electron chi connectivity index (χ1n) is 16.8. The molecule has 0 fully saturated rings. The highest BCUT2D eigenvalue weighted by molar-refractivity contribution is 5.88. The molecular weight excluding hydrogens is 612 g/mol. The fraction of sp³-hybridized carbons (Fsp3) is 0.302. The molecule has 1 aliphatic rings. The predicted molar refractivity (Wildman–Crippen MR) is 194 cm³/mol. The van der Waals surface area contributed by atoms with Crippen molar-refractivity contribution in [3.05, 3.63) is 142 Å². The van der Waals surface area contributed by atoms with E-state index in [9.17, 15) is 9.59 Å². The maximum Gasteiger partial charge on any atom is 0.333 e. The second-order valence-corrected chi connectivity index (χ2v) is 13.0. The van der Waals surface area contributed by atoms with Crippen LogP contribution in [-0.2, 0) is 24.5 Å². The molecule has 0 aromatic heterocycles. The molecule has 4 aromatic rings. The quantitative estimate of drug-likeness (QED) is 0.0674. The van der Waals surface area contributed by atoms with Gasteiger partial charge in [0.15, 0.2) is 0 Å². The summed E-state index contributed by atoms with van der Waals surface area (Å²) in [7, 11) is 0. The Morgan fingerprint density at radius 2 is 0.918 bits per heavy atom. The van der Waals surface area contributed by atoms with Crippen LogP contribution in [0.3, 0.4) is 0 Å². The lowest BCUT2D eigenvalue weighted by Crippen LogP contribution is -2.29. The minimum atomic E-state index is -0.581. The van der Waals surface area contributed by atoms with Crippen LogP contribution >= 0.6 is 0 Å². The molecule has 5 rings (SSSR count). The van der Waals surface area contributed by atoms with E-state index in [1.54, 1.807) is 13.8 Å². The van der Waals surface area contributed by atoms with Crippen LogP contribution < -0.4 is 9.47 Å². The van der Waals surface area contributed by atoms with E-state index in [1.807, 2.05) is 0 Å². The van der Waals surface area contributed by atoms with Crippen molar-refractivity contribution < 1.29 is 28.5 Å². The molecule has 254 valence electrons. The third-order valence-corrected chi connectivity index (χ3v) is 8.97. The number of benzene rings is 4. The summed E-state index contributed by atoms with van der Waals surface area (Å²) in [6, 6.07) is 26.4. The second kappa shape index (κ2) is 15.0. The molecular formula is C43H46O6. The van der Waals surface area contributed by atoms with Gasteiger partial charge < -0.3 is 18.9 Å². The van der Waals surface area contributed by atoms with Crippen molar-refractivity contribution in [1.82, 2.24) is 0 Å². The van der Waals surface area contributed by atoms with E-state index in [0.29, 0.717) is 37.2 Å². The molecule has 6 heteroatoms. The van der Waals surface area contributed by atoms with Gasteiger partial charge in [-0.3, -0.25) is 0 Å². The maximum absolute atomic E-state index is 11.8. The Balaban J connectivity index is 1.52. The maximum atomic E-state index is 11.8. The number of hydrogen-bond acceptors (Lipinski definition) is 6. The Labute approximate surface area is 290 Å². The standard InChI is InChI=1S/C43H46O6/c1-27(2)41(44)48-21-13-19-46-39-29(5)23-33(24-30(39)6)43(37-17-11-9-15-35(37)36-16-10-12-18-38(36)43)34-25-31(7)40(32(8)26-34)47-20-14-22-49-42(45)28(3)4/h9-12,15-18,23-26H,1,3,13-14,19-22H2,2,4-8H3. The highest BCUT2D eigenvalue weighted by Gasteiger charge is 2.46. The Bertz CT molecular complexity index is 1730. The fourth-order valence-corrected chi connectivity index (χ4v) is 6.86. The summed E-state index contributed by atoms with van der Waals surface area (Å²) in [6.07, 6.45) is 1.16. The Kier molecular flexibility index (Phi) is 10.8. The largest absolute Gasteiger partial charge is 0.493 e. The van der Waals surface area contributed by atoms with Crippen LogP contribution in [0.2, 0.25) is 0 Å². The van der Waals surface area contributed by atoms with Gasteiger partial charge in [-0.05, 0) is 97.2 Å². The van der Waals surface area contributed by atoms with E-state index < -0.39 is 5.41 Å². The lowest BCUT2D eigenvalue weighted by Gasteiger charge is -2.35. The summed E-state index contributed by atoms with van der Waals surface area (Å²) in [5.41, 5.74) is 11.6. The monoisotopic (exact) mass is 658 g/mol. The number of fused-ring (bicyclic) bond motifs is 3. The second-order valence-electron chi connectivity index (χ2n) is 13.0. The predicted octanol–water partition coefficient (Wildman–Crippen LogP) is 9.06. The number of esters is 2. The van der Waals surface area contributed by atoms with Crippen LogP contribution in [0.15, 0.2) is 97.1 Å². The molecule has 0 saturated heterocycles. The van der Waals surface area contributed by atoms with E-state index in [1.165, 1.54) is 22.3 Å². The molecule has 0 heterocycles. The SMILES string of the molecule is C=C(C)C(=O)OCCCOc1c(C)cc(C2(c3cc(C)c(OCCCOC(=O)C(=C)C)c(C)c3)c3ccccc3-c3ccccc32)cc1C. The molecule has 0 aliphatic heterocycles.